The van der Waals surface area contributed by atoms with Crippen molar-refractivity contribution < 1.29 is 14.3 Å². The Labute approximate surface area is 133 Å². The van der Waals surface area contributed by atoms with E-state index in [2.05, 4.69) is 5.32 Å². The lowest BCUT2D eigenvalue weighted by molar-refractivity contribution is -0.149. The van der Waals surface area contributed by atoms with E-state index in [4.69, 9.17) is 27.9 Å². The Morgan fingerprint density at radius 2 is 2.00 bits per heavy atom. The zero-order valence-corrected chi connectivity index (χ0v) is 13.1. The number of carbonyl (C=O) groups is 2. The Bertz CT molecular complexity index is 531. The summed E-state index contributed by atoms with van der Waals surface area (Å²) in [7, 11) is 0. The van der Waals surface area contributed by atoms with Crippen molar-refractivity contribution in [2.45, 2.75) is 13.0 Å². The van der Waals surface area contributed by atoms with Crippen LogP contribution in [0.1, 0.15) is 17.3 Å². The molecule has 0 aromatic heterocycles. The molecule has 1 aliphatic heterocycles. The van der Waals surface area contributed by atoms with E-state index in [0.717, 1.165) is 0 Å². The number of amides is 1. The summed E-state index contributed by atoms with van der Waals surface area (Å²) in [6, 6.07) is 4.00. The molecule has 1 fully saturated rings. The second-order valence-corrected chi connectivity index (χ2v) is 5.50. The first kappa shape index (κ1) is 16.1. The zero-order valence-electron chi connectivity index (χ0n) is 11.6. The fourth-order valence-electron chi connectivity index (χ4n) is 2.24. The Kier molecular flexibility index (Phi) is 5.45. The molecular weight excluding hydrogens is 315 g/mol. The molecule has 2 rings (SSSR count). The first-order valence-corrected chi connectivity index (χ1v) is 7.43. The number of benzene rings is 1. The minimum absolute atomic E-state index is 0.278. The number of nitrogens with one attached hydrogen (secondary N) is 1. The van der Waals surface area contributed by atoms with E-state index in [1.54, 1.807) is 25.1 Å². The van der Waals surface area contributed by atoms with Crippen molar-refractivity contribution in [3.05, 3.63) is 33.8 Å². The summed E-state index contributed by atoms with van der Waals surface area (Å²) in [5.74, 6) is -0.690. The third-order valence-corrected chi connectivity index (χ3v) is 3.61. The van der Waals surface area contributed by atoms with Gasteiger partial charge in [-0.3, -0.25) is 4.79 Å². The van der Waals surface area contributed by atoms with E-state index in [1.807, 2.05) is 0 Å². The lowest BCUT2D eigenvalue weighted by Crippen LogP contribution is -2.57. The number of ether oxygens (including phenoxy) is 1. The lowest BCUT2D eigenvalue weighted by atomic mass is 10.1. The molecule has 0 spiro atoms. The molecule has 0 radical (unpaired) electrons. The molecule has 0 saturated carbocycles. The molecule has 1 unspecified atom stereocenters. The number of halogens is 2. The van der Waals surface area contributed by atoms with E-state index in [-0.39, 0.29) is 12.5 Å². The van der Waals surface area contributed by atoms with Crippen LogP contribution in [0, 0.1) is 0 Å². The van der Waals surface area contributed by atoms with Gasteiger partial charge in [-0.15, -0.1) is 0 Å². The van der Waals surface area contributed by atoms with E-state index >= 15 is 0 Å². The standard InChI is InChI=1S/C14H16Cl2N2O3/c1-2-21-14(20)12-8-17-3-4-18(12)13(19)9-5-10(15)7-11(16)6-9/h5-7,12,17H,2-4,8H2,1H3. The third-order valence-electron chi connectivity index (χ3n) is 3.17. The summed E-state index contributed by atoms with van der Waals surface area (Å²) < 4.78 is 5.02. The van der Waals surface area contributed by atoms with Gasteiger partial charge in [0.05, 0.1) is 6.61 Å². The van der Waals surface area contributed by atoms with Gasteiger partial charge in [0, 0.05) is 35.2 Å². The molecule has 1 aliphatic rings. The highest BCUT2D eigenvalue weighted by Gasteiger charge is 2.33. The van der Waals surface area contributed by atoms with Gasteiger partial charge in [-0.1, -0.05) is 23.2 Å². The average molecular weight is 331 g/mol. The smallest absolute Gasteiger partial charge is 0.330 e. The highest BCUT2D eigenvalue weighted by Crippen LogP contribution is 2.21. The maximum absolute atomic E-state index is 12.6. The number of hydrogen-bond acceptors (Lipinski definition) is 4. The van der Waals surface area contributed by atoms with Crippen LogP contribution in [0.4, 0.5) is 0 Å². The SMILES string of the molecule is CCOC(=O)C1CNCCN1C(=O)c1cc(Cl)cc(Cl)c1. The van der Waals surface area contributed by atoms with Gasteiger partial charge >= 0.3 is 5.97 Å². The molecule has 1 aromatic carbocycles. The molecule has 1 amide bonds. The molecule has 7 heteroatoms. The Hall–Kier alpha value is -1.30. The van der Waals surface area contributed by atoms with Crippen molar-refractivity contribution in [3.63, 3.8) is 0 Å². The van der Waals surface area contributed by atoms with Gasteiger partial charge in [-0.05, 0) is 25.1 Å². The van der Waals surface area contributed by atoms with Crippen molar-refractivity contribution in [1.82, 2.24) is 10.2 Å². The van der Waals surface area contributed by atoms with Gasteiger partial charge in [0.1, 0.15) is 6.04 Å². The quantitative estimate of drug-likeness (QED) is 0.861. The van der Waals surface area contributed by atoms with Crippen LogP contribution in [0.5, 0.6) is 0 Å². The van der Waals surface area contributed by atoms with Crippen molar-refractivity contribution >= 4 is 35.1 Å². The molecule has 0 aliphatic carbocycles. The predicted octanol–water partition coefficient (Wildman–Crippen LogP) is 1.97. The number of rotatable bonds is 3. The Morgan fingerprint density at radius 3 is 2.62 bits per heavy atom. The largest absolute Gasteiger partial charge is 0.464 e. The molecule has 1 heterocycles. The molecular formula is C14H16Cl2N2O3. The van der Waals surface area contributed by atoms with Gasteiger partial charge in [-0.25, -0.2) is 4.79 Å². The van der Waals surface area contributed by atoms with Gasteiger partial charge in [0.2, 0.25) is 0 Å². The zero-order chi connectivity index (χ0) is 15.4. The first-order valence-electron chi connectivity index (χ1n) is 6.67. The maximum atomic E-state index is 12.6. The van der Waals surface area contributed by atoms with Gasteiger partial charge in [0.15, 0.2) is 0 Å². The molecule has 21 heavy (non-hydrogen) atoms. The van der Waals surface area contributed by atoms with E-state index in [0.29, 0.717) is 35.2 Å². The number of esters is 1. The van der Waals surface area contributed by atoms with Gasteiger partial charge in [0.25, 0.3) is 5.91 Å². The van der Waals surface area contributed by atoms with Crippen molar-refractivity contribution in [2.24, 2.45) is 0 Å². The van der Waals surface area contributed by atoms with Crippen LogP contribution in [0.2, 0.25) is 10.0 Å². The first-order chi connectivity index (χ1) is 10.0. The van der Waals surface area contributed by atoms with Crippen LogP contribution >= 0.6 is 23.2 Å². The minimum Gasteiger partial charge on any atom is -0.464 e. The summed E-state index contributed by atoms with van der Waals surface area (Å²) in [5.41, 5.74) is 0.365. The van der Waals surface area contributed by atoms with Crippen LogP contribution in [0.3, 0.4) is 0 Å². The monoisotopic (exact) mass is 330 g/mol. The van der Waals surface area contributed by atoms with Crippen LogP contribution in [0.15, 0.2) is 18.2 Å². The summed E-state index contributed by atoms with van der Waals surface area (Å²) in [6.07, 6.45) is 0. The molecule has 114 valence electrons. The summed E-state index contributed by atoms with van der Waals surface area (Å²) in [6.45, 7) is 3.43. The Balaban J connectivity index is 2.24. The molecule has 5 nitrogen and oxygen atoms in total. The number of carbonyl (C=O) groups excluding carboxylic acids is 2. The van der Waals surface area contributed by atoms with E-state index in [9.17, 15) is 9.59 Å². The lowest BCUT2D eigenvalue weighted by Gasteiger charge is -2.34. The maximum Gasteiger partial charge on any atom is 0.330 e. The molecule has 0 bridgehead atoms. The van der Waals surface area contributed by atoms with Crippen molar-refractivity contribution in [1.29, 1.82) is 0 Å². The highest BCUT2D eigenvalue weighted by molar-refractivity contribution is 6.35. The van der Waals surface area contributed by atoms with E-state index in [1.165, 1.54) is 4.90 Å². The molecule has 1 N–H and O–H groups in total. The fourth-order valence-corrected chi connectivity index (χ4v) is 2.77. The summed E-state index contributed by atoms with van der Waals surface area (Å²) in [4.78, 5) is 26.1. The van der Waals surface area contributed by atoms with E-state index < -0.39 is 12.0 Å². The summed E-state index contributed by atoms with van der Waals surface area (Å²) in [5, 5.41) is 3.85. The van der Waals surface area contributed by atoms with Crippen molar-refractivity contribution in [2.75, 3.05) is 26.2 Å². The van der Waals surface area contributed by atoms with Crippen molar-refractivity contribution in [3.8, 4) is 0 Å². The number of hydrogen-bond donors (Lipinski definition) is 1. The van der Waals surface area contributed by atoms with Crippen LogP contribution in [-0.4, -0.2) is 49.1 Å². The molecule has 1 aromatic rings. The van der Waals surface area contributed by atoms with Gasteiger partial charge < -0.3 is 15.0 Å². The topological polar surface area (TPSA) is 58.6 Å². The molecule has 1 saturated heterocycles. The van der Waals surface area contributed by atoms with Crippen LogP contribution < -0.4 is 5.32 Å². The molecule has 1 atom stereocenters. The predicted molar refractivity (Wildman–Crippen MR) is 80.8 cm³/mol. The second-order valence-electron chi connectivity index (χ2n) is 4.63. The minimum atomic E-state index is -0.635. The second kappa shape index (κ2) is 7.11. The highest BCUT2D eigenvalue weighted by atomic mass is 35.5. The third kappa shape index (κ3) is 3.87. The normalized spacial score (nSPS) is 18.4. The van der Waals surface area contributed by atoms with Crippen LogP contribution in [-0.2, 0) is 9.53 Å². The van der Waals surface area contributed by atoms with Gasteiger partial charge in [-0.2, -0.15) is 0 Å². The Morgan fingerprint density at radius 1 is 1.33 bits per heavy atom. The van der Waals surface area contributed by atoms with Crippen LogP contribution in [0.25, 0.3) is 0 Å². The average Bonchev–Trinajstić information content (AvgIpc) is 2.45. The number of nitrogens with zero attached hydrogens (tertiary/aromatic N) is 1. The number of piperazine rings is 1. The summed E-state index contributed by atoms with van der Waals surface area (Å²) >= 11 is 11.8. The fraction of sp³-hybridized carbons (Fsp3) is 0.429.